The smallest absolute Gasteiger partial charge is 0.232 e. The minimum absolute atomic E-state index is 0.0837. The summed E-state index contributed by atoms with van der Waals surface area (Å²) >= 11 is 9.17. The zero-order valence-electron chi connectivity index (χ0n) is 10.9. The van der Waals surface area contributed by atoms with Crippen molar-refractivity contribution in [2.45, 2.75) is 26.3 Å². The Kier molecular flexibility index (Phi) is 6.59. The predicted octanol–water partition coefficient (Wildman–Crippen LogP) is 3.23. The van der Waals surface area contributed by atoms with Crippen molar-refractivity contribution in [3.05, 3.63) is 27.7 Å². The number of nitrogens with one attached hydrogen (secondary N) is 2. The van der Waals surface area contributed by atoms with Crippen molar-refractivity contribution in [2.75, 3.05) is 17.0 Å². The summed E-state index contributed by atoms with van der Waals surface area (Å²) in [5.74, 6) is 0.0837. The molecule has 0 amide bonds. The Labute approximate surface area is 128 Å². The molecule has 0 saturated heterocycles. The van der Waals surface area contributed by atoms with Gasteiger partial charge < -0.3 is 5.32 Å². The Hall–Kier alpha value is -0.300. The Morgan fingerprint density at radius 1 is 1.37 bits per heavy atom. The van der Waals surface area contributed by atoms with Crippen LogP contribution in [-0.2, 0) is 10.0 Å². The monoisotopic (exact) mass is 368 g/mol. The third kappa shape index (κ3) is 6.61. The molecule has 0 aliphatic rings. The molecule has 1 aromatic rings. The van der Waals surface area contributed by atoms with E-state index in [2.05, 4.69) is 26.0 Å². The Morgan fingerprint density at radius 2 is 2.05 bits per heavy atom. The maximum Gasteiger partial charge on any atom is 0.232 e. The Balaban J connectivity index is 2.52. The number of benzene rings is 1. The van der Waals surface area contributed by atoms with Crippen molar-refractivity contribution in [3.63, 3.8) is 0 Å². The maximum atomic E-state index is 11.8. The first-order valence-electron chi connectivity index (χ1n) is 5.99. The van der Waals surface area contributed by atoms with Crippen molar-refractivity contribution in [1.29, 1.82) is 0 Å². The highest BCUT2D eigenvalue weighted by atomic mass is 79.9. The van der Waals surface area contributed by atoms with E-state index in [-0.39, 0.29) is 5.75 Å². The molecule has 7 heteroatoms. The van der Waals surface area contributed by atoms with Crippen LogP contribution < -0.4 is 10.0 Å². The number of anilines is 1. The standard InChI is InChI=1S/C12H18BrClN2O2S/c1-9(2)15-6-3-7-19(17,18)16-10-4-5-11(13)12(14)8-10/h4-5,8-9,15-16H,3,6-7H2,1-2H3. The molecule has 19 heavy (non-hydrogen) atoms. The van der Waals surface area contributed by atoms with Crippen LogP contribution in [0.1, 0.15) is 20.3 Å². The first kappa shape index (κ1) is 16.8. The third-order valence-corrected chi connectivity index (χ3v) is 4.94. The fourth-order valence-corrected chi connectivity index (χ4v) is 2.98. The van der Waals surface area contributed by atoms with E-state index < -0.39 is 10.0 Å². The van der Waals surface area contributed by atoms with Crippen LogP contribution in [0.2, 0.25) is 5.02 Å². The van der Waals surface area contributed by atoms with E-state index in [0.29, 0.717) is 29.7 Å². The minimum atomic E-state index is -3.33. The molecule has 1 rings (SSSR count). The van der Waals surface area contributed by atoms with Crippen LogP contribution in [-0.4, -0.2) is 26.8 Å². The molecule has 0 aliphatic carbocycles. The maximum absolute atomic E-state index is 11.8. The molecule has 0 heterocycles. The molecule has 0 unspecified atom stereocenters. The predicted molar refractivity (Wildman–Crippen MR) is 84.3 cm³/mol. The SMILES string of the molecule is CC(C)NCCCS(=O)(=O)Nc1ccc(Br)c(Cl)c1. The van der Waals surface area contributed by atoms with E-state index in [1.807, 2.05) is 13.8 Å². The molecule has 0 aromatic heterocycles. The number of hydrogen-bond donors (Lipinski definition) is 2. The van der Waals surface area contributed by atoms with Gasteiger partial charge in [-0.05, 0) is 47.1 Å². The normalized spacial score (nSPS) is 11.8. The van der Waals surface area contributed by atoms with Gasteiger partial charge in [-0.1, -0.05) is 25.4 Å². The van der Waals surface area contributed by atoms with Crippen LogP contribution in [0.15, 0.2) is 22.7 Å². The summed E-state index contributed by atoms with van der Waals surface area (Å²) in [6.45, 7) is 4.73. The van der Waals surface area contributed by atoms with Crippen LogP contribution >= 0.6 is 27.5 Å². The number of rotatable bonds is 7. The van der Waals surface area contributed by atoms with Crippen LogP contribution in [0.4, 0.5) is 5.69 Å². The van der Waals surface area contributed by atoms with Crippen LogP contribution in [0.5, 0.6) is 0 Å². The number of sulfonamides is 1. The molecule has 1 aromatic carbocycles. The largest absolute Gasteiger partial charge is 0.314 e. The summed E-state index contributed by atoms with van der Waals surface area (Å²) in [6.07, 6.45) is 0.567. The fraction of sp³-hybridized carbons (Fsp3) is 0.500. The zero-order valence-corrected chi connectivity index (χ0v) is 14.1. The van der Waals surface area contributed by atoms with Gasteiger partial charge >= 0.3 is 0 Å². The molecular weight excluding hydrogens is 352 g/mol. The molecule has 108 valence electrons. The lowest BCUT2D eigenvalue weighted by atomic mass is 10.3. The molecule has 0 atom stereocenters. The van der Waals surface area contributed by atoms with Crippen molar-refractivity contribution in [1.82, 2.24) is 5.32 Å². The number of hydrogen-bond acceptors (Lipinski definition) is 3. The lowest BCUT2D eigenvalue weighted by molar-refractivity contribution is 0.571. The first-order valence-corrected chi connectivity index (χ1v) is 8.81. The van der Waals surface area contributed by atoms with E-state index in [1.54, 1.807) is 18.2 Å². The lowest BCUT2D eigenvalue weighted by Crippen LogP contribution is -2.26. The zero-order chi connectivity index (χ0) is 14.5. The van der Waals surface area contributed by atoms with Crippen molar-refractivity contribution in [3.8, 4) is 0 Å². The topological polar surface area (TPSA) is 58.2 Å². The van der Waals surface area contributed by atoms with Gasteiger partial charge in [0.25, 0.3) is 0 Å². The fourth-order valence-electron chi connectivity index (χ4n) is 1.44. The van der Waals surface area contributed by atoms with Gasteiger partial charge in [0.15, 0.2) is 0 Å². The summed E-state index contributed by atoms with van der Waals surface area (Å²) in [5, 5.41) is 3.65. The quantitative estimate of drug-likeness (QED) is 0.725. The summed E-state index contributed by atoms with van der Waals surface area (Å²) in [7, 11) is -3.33. The molecule has 2 N–H and O–H groups in total. The average molecular weight is 370 g/mol. The summed E-state index contributed by atoms with van der Waals surface area (Å²) in [6, 6.07) is 5.32. The molecule has 4 nitrogen and oxygen atoms in total. The van der Waals surface area contributed by atoms with Gasteiger partial charge in [0, 0.05) is 10.5 Å². The second kappa shape index (κ2) is 7.47. The first-order chi connectivity index (χ1) is 8.80. The highest BCUT2D eigenvalue weighted by Crippen LogP contribution is 2.25. The molecule has 0 fully saturated rings. The molecular formula is C12H18BrClN2O2S. The van der Waals surface area contributed by atoms with E-state index in [1.165, 1.54) is 0 Å². The summed E-state index contributed by atoms with van der Waals surface area (Å²) in [4.78, 5) is 0. The van der Waals surface area contributed by atoms with Gasteiger partial charge in [-0.25, -0.2) is 8.42 Å². The van der Waals surface area contributed by atoms with Crippen molar-refractivity contribution < 1.29 is 8.42 Å². The molecule has 0 aliphatic heterocycles. The molecule has 0 bridgehead atoms. The second-order valence-corrected chi connectivity index (χ2v) is 7.62. The van der Waals surface area contributed by atoms with Gasteiger partial charge in [-0.15, -0.1) is 0 Å². The van der Waals surface area contributed by atoms with Crippen LogP contribution in [0, 0.1) is 0 Å². The van der Waals surface area contributed by atoms with E-state index in [4.69, 9.17) is 11.6 Å². The van der Waals surface area contributed by atoms with Gasteiger partial charge in [0.1, 0.15) is 0 Å². The molecule has 0 saturated carbocycles. The highest BCUT2D eigenvalue weighted by Gasteiger charge is 2.11. The van der Waals surface area contributed by atoms with E-state index in [0.717, 1.165) is 4.47 Å². The van der Waals surface area contributed by atoms with Crippen molar-refractivity contribution in [2.24, 2.45) is 0 Å². The van der Waals surface area contributed by atoms with Crippen LogP contribution in [0.3, 0.4) is 0 Å². The van der Waals surface area contributed by atoms with Gasteiger partial charge in [0.2, 0.25) is 10.0 Å². The minimum Gasteiger partial charge on any atom is -0.314 e. The van der Waals surface area contributed by atoms with Crippen molar-refractivity contribution >= 4 is 43.2 Å². The summed E-state index contributed by atoms with van der Waals surface area (Å²) in [5.41, 5.74) is 0.477. The highest BCUT2D eigenvalue weighted by molar-refractivity contribution is 9.10. The number of halogens is 2. The van der Waals surface area contributed by atoms with E-state index in [9.17, 15) is 8.42 Å². The van der Waals surface area contributed by atoms with Gasteiger partial charge in [0.05, 0.1) is 16.5 Å². The van der Waals surface area contributed by atoms with Crippen LogP contribution in [0.25, 0.3) is 0 Å². The molecule has 0 radical (unpaired) electrons. The molecule has 0 spiro atoms. The Morgan fingerprint density at radius 3 is 2.63 bits per heavy atom. The Bertz CT molecular complexity index is 520. The summed E-state index contributed by atoms with van der Waals surface area (Å²) < 4.78 is 26.9. The van der Waals surface area contributed by atoms with Gasteiger partial charge in [-0.3, -0.25) is 4.72 Å². The van der Waals surface area contributed by atoms with Gasteiger partial charge in [-0.2, -0.15) is 0 Å². The average Bonchev–Trinajstić information content (AvgIpc) is 2.29. The lowest BCUT2D eigenvalue weighted by Gasteiger charge is -2.10. The third-order valence-electron chi connectivity index (χ3n) is 2.34. The van der Waals surface area contributed by atoms with E-state index >= 15 is 0 Å². The second-order valence-electron chi connectivity index (χ2n) is 4.51.